The molecule has 0 aromatic carbocycles. The van der Waals surface area contributed by atoms with Gasteiger partial charge in [0, 0.05) is 0 Å². The molecule has 8 rings (SSSR count). The van der Waals surface area contributed by atoms with Crippen LogP contribution in [0.15, 0.2) is 23.6 Å². The fourth-order valence-corrected chi connectivity index (χ4v) is 32.9. The maximum absolute atomic E-state index is 3.20. The Morgan fingerprint density at radius 1 is 0.286 bits per heavy atom. The summed E-state index contributed by atoms with van der Waals surface area (Å²) in [5.74, 6) is 5.62. The van der Waals surface area contributed by atoms with Gasteiger partial charge in [-0.3, -0.25) is 0 Å². The molecule has 8 aliphatic rings. The molecule has 8 saturated carbocycles. The number of hydrogen-bond donors (Lipinski definition) is 0. The summed E-state index contributed by atoms with van der Waals surface area (Å²) in [5, 5.41) is 0. The van der Waals surface area contributed by atoms with Gasteiger partial charge in [-0.2, -0.15) is 0 Å². The van der Waals surface area contributed by atoms with Crippen LogP contribution in [0.25, 0.3) is 0 Å². The van der Waals surface area contributed by atoms with Gasteiger partial charge in [-0.15, -0.1) is 0 Å². The third-order valence-electron chi connectivity index (χ3n) is 20.3. The van der Waals surface area contributed by atoms with Gasteiger partial charge >= 0.3 is 0 Å². The highest BCUT2D eigenvalue weighted by molar-refractivity contribution is 6.89. The zero-order valence-electron chi connectivity index (χ0n) is 37.7. The van der Waals surface area contributed by atoms with Crippen LogP contribution in [0.4, 0.5) is 0 Å². The lowest BCUT2D eigenvalue weighted by Gasteiger charge is -2.52. The van der Waals surface area contributed by atoms with E-state index >= 15 is 0 Å². The minimum atomic E-state index is -1.51. The third kappa shape index (κ3) is 9.52. The van der Waals surface area contributed by atoms with E-state index in [2.05, 4.69) is 37.4 Å². The molecule has 0 nitrogen and oxygen atoms in total. The molecule has 6 unspecified atom stereocenters. The maximum atomic E-state index is 3.20. The van der Waals surface area contributed by atoms with Gasteiger partial charge in [-0.25, -0.2) is 0 Å². The van der Waals surface area contributed by atoms with Crippen molar-refractivity contribution in [3.8, 4) is 0 Å². The van der Waals surface area contributed by atoms with Crippen LogP contribution in [0.3, 0.4) is 0 Å². The van der Waals surface area contributed by atoms with Gasteiger partial charge in [0.1, 0.15) is 0 Å². The Morgan fingerprint density at radius 3 is 0.732 bits per heavy atom. The summed E-state index contributed by atoms with van der Waals surface area (Å²) in [6.07, 6.45) is 62.2. The predicted molar refractivity (Wildman–Crippen MR) is 251 cm³/mol. The minimum Gasteiger partial charge on any atom is -0.0971 e. The SMILES string of the molecule is CC1CC(C=C[Si](C2CCCCC2)(C2CCCCC2)C2CCCCC2)CCC1C1CCC(C=C[Si](C2CCCCC2)(C2CCCCC2)C2CCCCC2)CC1C. The second kappa shape index (κ2) is 20.7. The van der Waals surface area contributed by atoms with E-state index in [0.717, 1.165) is 68.8 Å². The molecule has 0 aromatic rings. The molecule has 56 heavy (non-hydrogen) atoms. The van der Waals surface area contributed by atoms with Crippen LogP contribution in [0, 0.1) is 35.5 Å². The summed E-state index contributed by atoms with van der Waals surface area (Å²) in [6.45, 7) is 5.46. The zero-order valence-corrected chi connectivity index (χ0v) is 39.7. The molecule has 0 aliphatic heterocycles. The largest absolute Gasteiger partial charge is 0.0971 e. The zero-order chi connectivity index (χ0) is 38.2. The van der Waals surface area contributed by atoms with Crippen molar-refractivity contribution in [3.05, 3.63) is 23.6 Å². The number of allylic oxidation sites excluding steroid dienone is 2. The number of rotatable bonds is 11. The minimum absolute atomic E-state index is 0.885. The van der Waals surface area contributed by atoms with E-state index in [9.17, 15) is 0 Å². The summed E-state index contributed by atoms with van der Waals surface area (Å²) < 4.78 is 0. The monoisotopic (exact) mass is 799 g/mol. The molecule has 0 spiro atoms. The second-order valence-corrected chi connectivity index (χ2v) is 32.7. The standard InChI is InChI=1S/C54H94Si2/c1-43-41-45(37-39-55(47-21-9-3-10-22-47,48-23-11-4-12-24-48)49-25-13-5-14-26-49)33-35-53(43)54-36-34-46(42-44(54)2)38-40-56(50-27-15-6-16-28-50,51-29-17-7-18-30-51)52-31-19-8-20-32-52/h37-40,43-54H,3-36,41-42H2,1-2H3. The van der Waals surface area contributed by atoms with Crippen molar-refractivity contribution >= 4 is 16.1 Å². The fourth-order valence-electron chi connectivity index (χ4n) is 17.6. The lowest BCUT2D eigenvalue weighted by molar-refractivity contribution is 0.0743. The van der Waals surface area contributed by atoms with E-state index in [4.69, 9.17) is 0 Å². The van der Waals surface area contributed by atoms with Crippen molar-refractivity contribution in [2.24, 2.45) is 35.5 Å². The maximum Gasteiger partial charge on any atom is 0.0866 e. The normalized spacial score (nSPS) is 35.8. The summed E-state index contributed by atoms with van der Waals surface area (Å²) >= 11 is 0. The van der Waals surface area contributed by atoms with Crippen LogP contribution >= 0.6 is 0 Å². The molecule has 8 aliphatic carbocycles. The molecule has 0 saturated heterocycles. The van der Waals surface area contributed by atoms with Crippen molar-refractivity contribution < 1.29 is 0 Å². The first kappa shape index (κ1) is 42.6. The third-order valence-corrected chi connectivity index (χ3v) is 33.8. The topological polar surface area (TPSA) is 0 Å². The molecule has 6 atom stereocenters. The van der Waals surface area contributed by atoms with Crippen molar-refractivity contribution in [2.75, 3.05) is 0 Å². The first-order valence-electron chi connectivity index (χ1n) is 27.0. The number of hydrogen-bond acceptors (Lipinski definition) is 0. The van der Waals surface area contributed by atoms with Crippen LogP contribution in [0.2, 0.25) is 33.2 Å². The Labute approximate surface area is 351 Å². The summed E-state index contributed by atoms with van der Waals surface area (Å²) in [4.78, 5) is 0. The Morgan fingerprint density at radius 2 is 0.518 bits per heavy atom. The van der Waals surface area contributed by atoms with Crippen LogP contribution < -0.4 is 0 Å². The van der Waals surface area contributed by atoms with Gasteiger partial charge in [-0.1, -0.05) is 230 Å². The Hall–Kier alpha value is -0.0862. The summed E-state index contributed by atoms with van der Waals surface area (Å²) in [6, 6.07) is 0. The van der Waals surface area contributed by atoms with E-state index in [1.807, 2.05) is 0 Å². The molecule has 2 heteroatoms. The van der Waals surface area contributed by atoms with Crippen LogP contribution in [-0.2, 0) is 0 Å². The average molecular weight is 800 g/mol. The molecular formula is C54H94Si2. The van der Waals surface area contributed by atoms with E-state index < -0.39 is 16.1 Å². The molecule has 0 amide bonds. The first-order chi connectivity index (χ1) is 27.6. The predicted octanol–water partition coefficient (Wildman–Crippen LogP) is 18.2. The van der Waals surface area contributed by atoms with Crippen molar-refractivity contribution in [1.82, 2.24) is 0 Å². The molecular weight excluding hydrogens is 705 g/mol. The highest BCUT2D eigenvalue weighted by Crippen LogP contribution is 2.60. The molecule has 0 bridgehead atoms. The highest BCUT2D eigenvalue weighted by atomic mass is 28.3. The molecule has 0 radical (unpaired) electrons. The lowest BCUT2D eigenvalue weighted by atomic mass is 9.62. The van der Waals surface area contributed by atoms with Crippen molar-refractivity contribution in [3.63, 3.8) is 0 Å². The van der Waals surface area contributed by atoms with Gasteiger partial charge < -0.3 is 0 Å². The van der Waals surface area contributed by atoms with Crippen LogP contribution in [-0.4, -0.2) is 16.1 Å². The van der Waals surface area contributed by atoms with E-state index in [0.29, 0.717) is 0 Å². The van der Waals surface area contributed by atoms with Gasteiger partial charge in [0.25, 0.3) is 0 Å². The van der Waals surface area contributed by atoms with Gasteiger partial charge in [0.2, 0.25) is 0 Å². The average Bonchev–Trinajstić information content (AvgIpc) is 3.27. The molecule has 0 aromatic heterocycles. The van der Waals surface area contributed by atoms with Crippen LogP contribution in [0.5, 0.6) is 0 Å². The molecule has 318 valence electrons. The first-order valence-corrected chi connectivity index (χ1v) is 31.6. The van der Waals surface area contributed by atoms with Crippen LogP contribution in [0.1, 0.15) is 245 Å². The molecule has 0 heterocycles. The van der Waals surface area contributed by atoms with Gasteiger partial charge in [0.05, 0.1) is 16.1 Å². The van der Waals surface area contributed by atoms with Gasteiger partial charge in [0.15, 0.2) is 0 Å². The quantitative estimate of drug-likeness (QED) is 0.183. The smallest absolute Gasteiger partial charge is 0.0866 e. The second-order valence-electron chi connectivity index (χ2n) is 23.2. The highest BCUT2D eigenvalue weighted by Gasteiger charge is 2.53. The molecule has 0 N–H and O–H groups in total. The fraction of sp³-hybridized carbons (Fsp3) is 0.926. The summed E-state index contributed by atoms with van der Waals surface area (Å²) in [7, 11) is -3.01. The van der Waals surface area contributed by atoms with Crippen molar-refractivity contribution in [1.29, 1.82) is 0 Å². The van der Waals surface area contributed by atoms with Crippen molar-refractivity contribution in [2.45, 2.75) is 278 Å². The lowest BCUT2D eigenvalue weighted by Crippen LogP contribution is -2.50. The van der Waals surface area contributed by atoms with E-state index in [1.54, 1.807) is 154 Å². The Kier molecular flexibility index (Phi) is 15.7. The Bertz CT molecular complexity index is 1010. The molecule has 8 fully saturated rings. The van der Waals surface area contributed by atoms with E-state index in [-0.39, 0.29) is 0 Å². The van der Waals surface area contributed by atoms with Gasteiger partial charge in [-0.05, 0) is 107 Å². The summed E-state index contributed by atoms with van der Waals surface area (Å²) in [5.41, 5.74) is 13.1. The van der Waals surface area contributed by atoms with E-state index in [1.165, 1.54) is 77.0 Å². The Balaban J connectivity index is 0.938.